The largest absolute Gasteiger partial charge is 0.353 e. The third-order valence-corrected chi connectivity index (χ3v) is 6.06. The summed E-state index contributed by atoms with van der Waals surface area (Å²) in [4.78, 5) is 0. The summed E-state index contributed by atoms with van der Waals surface area (Å²) in [6, 6.07) is 2.41. The molecule has 0 aliphatic carbocycles. The van der Waals surface area contributed by atoms with Crippen molar-refractivity contribution in [3.63, 3.8) is 0 Å². The summed E-state index contributed by atoms with van der Waals surface area (Å²) in [7, 11) is 2.02. The Labute approximate surface area is 135 Å². The number of hydrogen-bond acceptors (Lipinski definition) is 4. The first-order chi connectivity index (χ1) is 10.3. The Hall–Kier alpha value is 0.274. The van der Waals surface area contributed by atoms with Gasteiger partial charge in [0.2, 0.25) is 0 Å². The molecule has 0 atom stereocenters. The molecule has 0 aromatic heterocycles. The molecule has 4 nitrogen and oxygen atoms in total. The summed E-state index contributed by atoms with van der Waals surface area (Å²) in [6.45, 7) is 11.0. The van der Waals surface area contributed by atoms with E-state index in [0.717, 1.165) is 58.3 Å². The Morgan fingerprint density at radius 2 is 0.952 bits per heavy atom. The van der Waals surface area contributed by atoms with Crippen LogP contribution in [0.25, 0.3) is 0 Å². The van der Waals surface area contributed by atoms with E-state index in [-0.39, 0.29) is 12.6 Å². The molecule has 6 heteroatoms. The Morgan fingerprint density at radius 3 is 1.24 bits per heavy atom. The molecular weight excluding hydrogens is 300 g/mol. The van der Waals surface area contributed by atoms with Crippen LogP contribution in [0.4, 0.5) is 0 Å². The summed E-state index contributed by atoms with van der Waals surface area (Å²) in [5.41, 5.74) is 1.32. The second-order valence-corrected chi connectivity index (χ2v) is 7.85. The van der Waals surface area contributed by atoms with Crippen molar-refractivity contribution in [1.29, 1.82) is 0 Å². The van der Waals surface area contributed by atoms with Crippen molar-refractivity contribution in [3.05, 3.63) is 0 Å². The second-order valence-electron chi connectivity index (χ2n) is 4.43. The Balaban J connectivity index is 3.48. The van der Waals surface area contributed by atoms with Crippen LogP contribution in [0.15, 0.2) is 0 Å². The molecule has 0 saturated heterocycles. The van der Waals surface area contributed by atoms with Crippen molar-refractivity contribution >= 4 is 19.0 Å². The third-order valence-electron chi connectivity index (χ3n) is 2.77. The molecule has 0 N–H and O–H groups in total. The van der Waals surface area contributed by atoms with Gasteiger partial charge >= 0.3 is 0 Å². The van der Waals surface area contributed by atoms with Gasteiger partial charge < -0.3 is 18.9 Å². The molecule has 4 radical (unpaired) electrons. The van der Waals surface area contributed by atoms with E-state index in [2.05, 4.69) is 0 Å². The summed E-state index contributed by atoms with van der Waals surface area (Å²) in [5, 5.41) is 0. The monoisotopic (exact) mass is 332 g/mol. The zero-order valence-corrected chi connectivity index (χ0v) is 16.2. The van der Waals surface area contributed by atoms with Gasteiger partial charge in [0.15, 0.2) is 12.6 Å². The minimum absolute atomic E-state index is 0.00359. The molecule has 0 rings (SSSR count). The first-order valence-electron chi connectivity index (χ1n) is 8.16. The first kappa shape index (κ1) is 21.3. The number of hydrogen-bond donors (Lipinski definition) is 0. The highest BCUT2D eigenvalue weighted by atomic mass is 28.3. The highest BCUT2D eigenvalue weighted by Gasteiger charge is 2.09. The fraction of sp³-hybridized carbons (Fsp3) is 1.00. The molecule has 0 aromatic rings. The zero-order chi connectivity index (χ0) is 15.8. The molecule has 124 valence electrons. The lowest BCUT2D eigenvalue weighted by atomic mass is 10.4. The maximum Gasteiger partial charge on any atom is 0.157 e. The quantitative estimate of drug-likeness (QED) is 0.247. The maximum atomic E-state index is 5.55. The number of rotatable bonds is 16. The predicted molar refractivity (Wildman–Crippen MR) is 89.2 cm³/mol. The Morgan fingerprint density at radius 1 is 0.619 bits per heavy atom. The van der Waals surface area contributed by atoms with Gasteiger partial charge in [-0.1, -0.05) is 17.8 Å². The minimum Gasteiger partial charge on any atom is -0.353 e. The van der Waals surface area contributed by atoms with Crippen LogP contribution >= 0.6 is 0 Å². The summed E-state index contributed by atoms with van der Waals surface area (Å²) in [6.07, 6.45) is 2.03. The topological polar surface area (TPSA) is 36.9 Å². The molecule has 21 heavy (non-hydrogen) atoms. The van der Waals surface area contributed by atoms with Crippen LogP contribution in [0.5, 0.6) is 0 Å². The van der Waals surface area contributed by atoms with Crippen LogP contribution in [0.2, 0.25) is 17.8 Å². The van der Waals surface area contributed by atoms with Crippen molar-refractivity contribution in [1.82, 2.24) is 0 Å². The summed E-state index contributed by atoms with van der Waals surface area (Å²) in [5.74, 6) is 0. The number of ether oxygens (including phenoxy) is 4. The van der Waals surface area contributed by atoms with E-state index < -0.39 is 0 Å². The SMILES string of the molecule is CCOC(CC[Si]C[Si]CCC(OCC)OCC)OCC. The lowest BCUT2D eigenvalue weighted by molar-refractivity contribution is -0.136. The zero-order valence-electron chi connectivity index (χ0n) is 14.2. The van der Waals surface area contributed by atoms with Crippen LogP contribution in [0.1, 0.15) is 40.5 Å². The van der Waals surface area contributed by atoms with Crippen LogP contribution in [-0.4, -0.2) is 58.0 Å². The molecule has 0 unspecified atom stereocenters. The molecule has 0 heterocycles. The average molecular weight is 333 g/mol. The van der Waals surface area contributed by atoms with E-state index in [1.165, 1.54) is 17.8 Å². The smallest absolute Gasteiger partial charge is 0.157 e. The van der Waals surface area contributed by atoms with Gasteiger partial charge in [0.05, 0.1) is 0 Å². The van der Waals surface area contributed by atoms with Crippen LogP contribution in [-0.2, 0) is 18.9 Å². The molecule has 0 bridgehead atoms. The van der Waals surface area contributed by atoms with Crippen molar-refractivity contribution in [2.45, 2.75) is 70.9 Å². The summed E-state index contributed by atoms with van der Waals surface area (Å²) >= 11 is 0. The molecule has 0 amide bonds. The van der Waals surface area contributed by atoms with E-state index in [0.29, 0.717) is 0 Å². The minimum atomic E-state index is -0.00359. The van der Waals surface area contributed by atoms with Gasteiger partial charge in [0.25, 0.3) is 0 Å². The summed E-state index contributed by atoms with van der Waals surface area (Å²) < 4.78 is 22.2. The van der Waals surface area contributed by atoms with E-state index >= 15 is 0 Å². The maximum absolute atomic E-state index is 5.55. The normalized spacial score (nSPS) is 11.7. The fourth-order valence-electron chi connectivity index (χ4n) is 1.88. The first-order valence-corrected chi connectivity index (χ1v) is 11.0. The lowest BCUT2D eigenvalue weighted by Gasteiger charge is -2.17. The van der Waals surface area contributed by atoms with Gasteiger partial charge in [-0.3, -0.25) is 0 Å². The highest BCUT2D eigenvalue weighted by molar-refractivity contribution is 6.55. The van der Waals surface area contributed by atoms with Crippen LogP contribution in [0, 0.1) is 0 Å². The molecule has 0 saturated carbocycles. The molecule has 0 spiro atoms. The van der Waals surface area contributed by atoms with Crippen LogP contribution in [0.3, 0.4) is 0 Å². The molecule has 0 aliphatic heterocycles. The van der Waals surface area contributed by atoms with E-state index in [1.54, 1.807) is 0 Å². The van der Waals surface area contributed by atoms with Gasteiger partial charge in [-0.05, 0) is 40.5 Å². The van der Waals surface area contributed by atoms with Gasteiger partial charge in [0.1, 0.15) is 0 Å². The van der Waals surface area contributed by atoms with E-state index in [9.17, 15) is 0 Å². The van der Waals surface area contributed by atoms with Gasteiger partial charge in [-0.15, -0.1) is 0 Å². The fourth-order valence-corrected chi connectivity index (χ4v) is 4.88. The van der Waals surface area contributed by atoms with Gasteiger partial charge in [-0.25, -0.2) is 0 Å². The molecule has 0 aliphatic rings. The lowest BCUT2D eigenvalue weighted by Crippen LogP contribution is -2.19. The molecule has 0 aromatic carbocycles. The van der Waals surface area contributed by atoms with Gasteiger partial charge in [0, 0.05) is 45.5 Å². The van der Waals surface area contributed by atoms with Crippen molar-refractivity contribution in [2.24, 2.45) is 0 Å². The van der Waals surface area contributed by atoms with Gasteiger partial charge in [-0.2, -0.15) is 0 Å². The Bertz CT molecular complexity index is 176. The average Bonchev–Trinajstić information content (AvgIpc) is 2.47. The standard InChI is InChI=1S/C15H32O4Si2/c1-5-16-14(17-6-2)9-11-20-13-21-12-10-15(18-7-3)19-8-4/h14-15H,5-13H2,1-4H3. The van der Waals surface area contributed by atoms with Crippen molar-refractivity contribution in [2.75, 3.05) is 26.4 Å². The predicted octanol–water partition coefficient (Wildman–Crippen LogP) is 3.19. The highest BCUT2D eigenvalue weighted by Crippen LogP contribution is 2.08. The Kier molecular flexibility index (Phi) is 16.9. The molecular formula is C15H32O4Si2. The van der Waals surface area contributed by atoms with Crippen LogP contribution < -0.4 is 0 Å². The third kappa shape index (κ3) is 13.6. The van der Waals surface area contributed by atoms with Crippen molar-refractivity contribution < 1.29 is 18.9 Å². The molecule has 0 fully saturated rings. The second kappa shape index (κ2) is 16.6. The van der Waals surface area contributed by atoms with Crippen molar-refractivity contribution in [3.8, 4) is 0 Å². The van der Waals surface area contributed by atoms with E-state index in [1.807, 2.05) is 27.7 Å². The van der Waals surface area contributed by atoms with E-state index in [4.69, 9.17) is 18.9 Å².